The van der Waals surface area contributed by atoms with Crippen LogP contribution >= 0.6 is 0 Å². The number of carbonyl (C=O) groups is 1. The first-order valence-electron chi connectivity index (χ1n) is 13.6. The number of amides is 1. The first-order valence-corrected chi connectivity index (χ1v) is 13.6. The van der Waals surface area contributed by atoms with Crippen molar-refractivity contribution < 1.29 is 32.2 Å². The standard InChI is InChI=1S/C28H34F4N4O3/c29-24-13-20(25(38)36-10-1-3-22(36)16-37)4-5-23(24)21-14-33-26(34-15-21)39-17-19-6-11-35(12-7-19)18-27(8-2-9-27)28(30,31)32/h4-5,13-15,19,22,37H,1-3,6-12,16-18H2/t22-/m1/s1. The quantitative estimate of drug-likeness (QED) is 0.480. The van der Waals surface area contributed by atoms with Crippen molar-refractivity contribution in [2.24, 2.45) is 11.3 Å². The Bertz CT molecular complexity index is 1150. The Balaban J connectivity index is 1.12. The van der Waals surface area contributed by atoms with E-state index in [-0.39, 0.29) is 61.0 Å². The molecule has 2 aromatic rings. The van der Waals surface area contributed by atoms with E-state index in [1.807, 2.05) is 4.90 Å². The minimum Gasteiger partial charge on any atom is -0.463 e. The molecular weight excluding hydrogens is 516 g/mol. The summed E-state index contributed by atoms with van der Waals surface area (Å²) in [7, 11) is 0. The van der Waals surface area contributed by atoms with E-state index in [9.17, 15) is 27.5 Å². The summed E-state index contributed by atoms with van der Waals surface area (Å²) in [5, 5.41) is 9.47. The van der Waals surface area contributed by atoms with Gasteiger partial charge in [-0.1, -0.05) is 12.5 Å². The topological polar surface area (TPSA) is 78.8 Å². The number of hydrogen-bond donors (Lipinski definition) is 1. The van der Waals surface area contributed by atoms with Crippen LogP contribution in [0.4, 0.5) is 17.6 Å². The van der Waals surface area contributed by atoms with Gasteiger partial charge in [0.25, 0.3) is 5.91 Å². The summed E-state index contributed by atoms with van der Waals surface area (Å²) in [6.45, 7) is 2.11. The van der Waals surface area contributed by atoms with E-state index in [0.29, 0.717) is 38.2 Å². The highest BCUT2D eigenvalue weighted by molar-refractivity contribution is 5.95. The molecule has 2 saturated heterocycles. The van der Waals surface area contributed by atoms with E-state index >= 15 is 0 Å². The number of piperidine rings is 1. The zero-order chi connectivity index (χ0) is 27.6. The van der Waals surface area contributed by atoms with Crippen LogP contribution in [0.15, 0.2) is 30.6 Å². The van der Waals surface area contributed by atoms with Crippen molar-refractivity contribution in [3.05, 3.63) is 42.0 Å². The van der Waals surface area contributed by atoms with Crippen molar-refractivity contribution in [2.45, 2.75) is 57.2 Å². The first-order chi connectivity index (χ1) is 18.7. The second kappa shape index (κ2) is 11.4. The van der Waals surface area contributed by atoms with Crippen molar-refractivity contribution in [2.75, 3.05) is 39.4 Å². The van der Waals surface area contributed by atoms with Gasteiger partial charge < -0.3 is 19.6 Å². The van der Waals surface area contributed by atoms with Gasteiger partial charge in [-0.15, -0.1) is 0 Å². The Labute approximate surface area is 225 Å². The lowest BCUT2D eigenvalue weighted by atomic mass is 9.67. The molecule has 3 heterocycles. The van der Waals surface area contributed by atoms with Crippen molar-refractivity contribution >= 4 is 5.91 Å². The number of aliphatic hydroxyl groups excluding tert-OH is 1. The third-order valence-electron chi connectivity index (χ3n) is 8.60. The number of rotatable bonds is 8. The summed E-state index contributed by atoms with van der Waals surface area (Å²) in [6, 6.07) is 4.20. The molecule has 3 fully saturated rings. The molecule has 0 unspecified atom stereocenters. The van der Waals surface area contributed by atoms with Crippen molar-refractivity contribution in [1.82, 2.24) is 19.8 Å². The molecule has 5 rings (SSSR count). The fourth-order valence-corrected chi connectivity index (χ4v) is 5.94. The van der Waals surface area contributed by atoms with Gasteiger partial charge in [-0.25, -0.2) is 14.4 Å². The maximum atomic E-state index is 14.9. The molecule has 0 bridgehead atoms. The van der Waals surface area contributed by atoms with E-state index < -0.39 is 17.4 Å². The van der Waals surface area contributed by atoms with E-state index in [0.717, 1.165) is 25.7 Å². The van der Waals surface area contributed by atoms with Crippen LogP contribution in [0.25, 0.3) is 11.1 Å². The normalized spacial score (nSPS) is 22.1. The van der Waals surface area contributed by atoms with Crippen molar-refractivity contribution in [3.8, 4) is 17.1 Å². The monoisotopic (exact) mass is 550 g/mol. The molecule has 1 aliphatic carbocycles. The van der Waals surface area contributed by atoms with Crippen LogP contribution in [0, 0.1) is 17.2 Å². The molecule has 1 aromatic carbocycles. The third kappa shape index (κ3) is 5.89. The predicted molar refractivity (Wildman–Crippen MR) is 136 cm³/mol. The van der Waals surface area contributed by atoms with Crippen molar-refractivity contribution in [1.29, 1.82) is 0 Å². The van der Waals surface area contributed by atoms with Crippen LogP contribution in [0.2, 0.25) is 0 Å². The number of halogens is 4. The maximum Gasteiger partial charge on any atom is 0.395 e. The molecule has 39 heavy (non-hydrogen) atoms. The largest absolute Gasteiger partial charge is 0.463 e. The van der Waals surface area contributed by atoms with Gasteiger partial charge in [0.15, 0.2) is 0 Å². The summed E-state index contributed by atoms with van der Waals surface area (Å²) >= 11 is 0. The summed E-state index contributed by atoms with van der Waals surface area (Å²) in [4.78, 5) is 24.7. The molecule has 2 aliphatic heterocycles. The average molecular weight is 551 g/mol. The molecule has 212 valence electrons. The van der Waals surface area contributed by atoms with Crippen LogP contribution in [-0.4, -0.2) is 82.4 Å². The second-order valence-electron chi connectivity index (χ2n) is 11.1. The van der Waals surface area contributed by atoms with Gasteiger partial charge in [-0.2, -0.15) is 13.2 Å². The molecule has 1 atom stereocenters. The lowest BCUT2D eigenvalue weighted by molar-refractivity contribution is -0.256. The average Bonchev–Trinajstić information content (AvgIpc) is 3.38. The van der Waals surface area contributed by atoms with E-state index in [4.69, 9.17) is 4.74 Å². The van der Waals surface area contributed by atoms with Crippen LogP contribution < -0.4 is 4.74 Å². The Morgan fingerprint density at radius 1 is 1.08 bits per heavy atom. The molecule has 1 amide bonds. The van der Waals surface area contributed by atoms with Crippen molar-refractivity contribution in [3.63, 3.8) is 0 Å². The van der Waals surface area contributed by atoms with E-state index in [1.165, 1.54) is 24.5 Å². The lowest BCUT2D eigenvalue weighted by Crippen LogP contribution is -2.53. The third-order valence-corrected chi connectivity index (χ3v) is 8.60. The number of hydrogen-bond acceptors (Lipinski definition) is 6. The molecular formula is C28H34F4N4O3. The molecule has 7 nitrogen and oxygen atoms in total. The molecule has 0 radical (unpaired) electrons. The van der Waals surface area contributed by atoms with Gasteiger partial charge in [0.05, 0.1) is 24.7 Å². The molecule has 3 aliphatic rings. The van der Waals surface area contributed by atoms with E-state index in [1.54, 1.807) is 11.0 Å². The number of ether oxygens (including phenoxy) is 1. The SMILES string of the molecule is O=C(c1ccc(-c2cnc(OCC3CCN(CC4(C(F)(F)F)CCC4)CC3)nc2)c(F)c1)N1CCC[C@@H]1CO. The van der Waals surface area contributed by atoms with E-state index in [2.05, 4.69) is 9.97 Å². The Morgan fingerprint density at radius 2 is 1.79 bits per heavy atom. The summed E-state index contributed by atoms with van der Waals surface area (Å²) < 4.78 is 61.1. The number of nitrogens with zero attached hydrogens (tertiary/aromatic N) is 4. The van der Waals surface area contributed by atoms with Crippen LogP contribution in [0.5, 0.6) is 6.01 Å². The Hall–Kier alpha value is -2.79. The van der Waals surface area contributed by atoms with Gasteiger partial charge in [0, 0.05) is 42.2 Å². The number of likely N-dealkylation sites (tertiary alicyclic amines) is 2. The number of aromatic nitrogens is 2. The zero-order valence-corrected chi connectivity index (χ0v) is 21.8. The molecule has 0 spiro atoms. The fraction of sp³-hybridized carbons (Fsp3) is 0.607. The van der Waals surface area contributed by atoms with Crippen LogP contribution in [0.1, 0.15) is 55.3 Å². The molecule has 1 aromatic heterocycles. The highest BCUT2D eigenvalue weighted by Gasteiger charge is 2.58. The molecule has 1 saturated carbocycles. The highest BCUT2D eigenvalue weighted by atomic mass is 19.4. The van der Waals surface area contributed by atoms with Gasteiger partial charge in [-0.3, -0.25) is 4.79 Å². The fourth-order valence-electron chi connectivity index (χ4n) is 5.94. The van der Waals surface area contributed by atoms with Gasteiger partial charge in [0.2, 0.25) is 0 Å². The lowest BCUT2D eigenvalue weighted by Gasteiger charge is -2.47. The number of carbonyl (C=O) groups excluding carboxylic acids is 1. The minimum absolute atomic E-state index is 0.0851. The molecule has 1 N–H and O–H groups in total. The summed E-state index contributed by atoms with van der Waals surface area (Å²) in [6.07, 6.45) is 2.91. The van der Waals surface area contributed by atoms with Gasteiger partial charge in [-0.05, 0) is 69.7 Å². The first kappa shape index (κ1) is 27.8. The number of aliphatic hydroxyl groups is 1. The van der Waals surface area contributed by atoms with Gasteiger partial charge in [0.1, 0.15) is 5.82 Å². The second-order valence-corrected chi connectivity index (χ2v) is 11.1. The summed E-state index contributed by atoms with van der Waals surface area (Å²) in [5.74, 6) is -0.666. The van der Waals surface area contributed by atoms with Crippen LogP contribution in [0.3, 0.4) is 0 Å². The molecule has 11 heteroatoms. The number of benzene rings is 1. The Morgan fingerprint density at radius 3 is 2.38 bits per heavy atom. The van der Waals surface area contributed by atoms with Gasteiger partial charge >= 0.3 is 12.2 Å². The predicted octanol–water partition coefficient (Wildman–Crippen LogP) is 4.70. The highest BCUT2D eigenvalue weighted by Crippen LogP contribution is 2.53. The smallest absolute Gasteiger partial charge is 0.395 e. The minimum atomic E-state index is -4.14. The number of alkyl halides is 3. The Kier molecular flexibility index (Phi) is 8.09. The maximum absolute atomic E-state index is 14.9. The zero-order valence-electron chi connectivity index (χ0n) is 21.8. The summed E-state index contributed by atoms with van der Waals surface area (Å²) in [5.41, 5.74) is -0.604. The van der Waals surface area contributed by atoms with Crippen LogP contribution in [-0.2, 0) is 0 Å².